The minimum atomic E-state index is -2.91. The van der Waals surface area contributed by atoms with Gasteiger partial charge in [-0.1, -0.05) is 18.2 Å². The summed E-state index contributed by atoms with van der Waals surface area (Å²) in [7, 11) is 1.64. The van der Waals surface area contributed by atoms with Crippen LogP contribution in [0.25, 0.3) is 0 Å². The first kappa shape index (κ1) is 18.8. The molecule has 0 aromatic heterocycles. The number of benzene rings is 2. The fourth-order valence-electron chi connectivity index (χ4n) is 3.70. The Hall–Kier alpha value is -2.58. The maximum absolute atomic E-state index is 12.9. The summed E-state index contributed by atoms with van der Waals surface area (Å²) in [5.41, 5.74) is 1.68. The van der Waals surface area contributed by atoms with Crippen LogP contribution in [0.15, 0.2) is 36.4 Å². The Morgan fingerprint density at radius 1 is 1.18 bits per heavy atom. The van der Waals surface area contributed by atoms with E-state index in [4.69, 9.17) is 18.9 Å². The molecule has 4 rings (SSSR count). The van der Waals surface area contributed by atoms with Crippen LogP contribution in [0.3, 0.4) is 0 Å². The van der Waals surface area contributed by atoms with Crippen molar-refractivity contribution in [1.29, 1.82) is 0 Å². The van der Waals surface area contributed by atoms with E-state index in [0.29, 0.717) is 23.6 Å². The molecule has 2 heterocycles. The van der Waals surface area contributed by atoms with Gasteiger partial charge in [-0.05, 0) is 12.1 Å². The van der Waals surface area contributed by atoms with E-state index in [-0.39, 0.29) is 18.6 Å². The number of nitrogens with one attached hydrogen (secondary N) is 1. The summed E-state index contributed by atoms with van der Waals surface area (Å²) < 4.78 is 46.9. The molecule has 0 aliphatic carbocycles. The fourth-order valence-corrected chi connectivity index (χ4v) is 3.70. The van der Waals surface area contributed by atoms with E-state index in [0.717, 1.165) is 30.9 Å². The number of para-hydroxylation sites is 1. The number of ether oxygens (including phenoxy) is 4. The maximum atomic E-state index is 12.9. The third kappa shape index (κ3) is 3.83. The molecule has 6 nitrogen and oxygen atoms in total. The summed E-state index contributed by atoms with van der Waals surface area (Å²) in [6, 6.07) is 11.1. The van der Waals surface area contributed by atoms with Gasteiger partial charge in [0.15, 0.2) is 11.5 Å². The van der Waals surface area contributed by atoms with Gasteiger partial charge in [-0.15, -0.1) is 0 Å². The van der Waals surface area contributed by atoms with Crippen molar-refractivity contribution < 1.29 is 27.7 Å². The minimum Gasteiger partial charge on any atom is -0.496 e. The molecule has 0 saturated carbocycles. The Morgan fingerprint density at radius 2 is 1.96 bits per heavy atom. The van der Waals surface area contributed by atoms with Crippen molar-refractivity contribution in [2.24, 2.45) is 0 Å². The van der Waals surface area contributed by atoms with Gasteiger partial charge in [0.05, 0.1) is 13.2 Å². The van der Waals surface area contributed by atoms with Gasteiger partial charge in [-0.25, -0.2) is 0 Å². The van der Waals surface area contributed by atoms with Crippen LogP contribution in [-0.4, -0.2) is 45.0 Å². The zero-order chi connectivity index (χ0) is 19.5. The van der Waals surface area contributed by atoms with Crippen LogP contribution >= 0.6 is 0 Å². The van der Waals surface area contributed by atoms with E-state index >= 15 is 0 Å². The second-order valence-electron chi connectivity index (χ2n) is 6.62. The van der Waals surface area contributed by atoms with Crippen LogP contribution in [0.2, 0.25) is 0 Å². The van der Waals surface area contributed by atoms with E-state index in [2.05, 4.69) is 10.2 Å². The fraction of sp³-hybridized carbons (Fsp3) is 0.400. The number of nitrogens with zero attached hydrogens (tertiary/aromatic N) is 1. The van der Waals surface area contributed by atoms with Crippen molar-refractivity contribution in [3.63, 3.8) is 0 Å². The molecule has 1 fully saturated rings. The molecular formula is C20H22F2N2O4. The second-order valence-corrected chi connectivity index (χ2v) is 6.62. The topological polar surface area (TPSA) is 52.2 Å². The number of alkyl halides is 2. The van der Waals surface area contributed by atoms with Gasteiger partial charge in [0, 0.05) is 43.4 Å². The van der Waals surface area contributed by atoms with Crippen molar-refractivity contribution in [2.75, 3.05) is 33.5 Å². The average Bonchev–Trinajstić information content (AvgIpc) is 3.15. The smallest absolute Gasteiger partial charge is 0.387 e. The lowest BCUT2D eigenvalue weighted by molar-refractivity contribution is -0.0510. The van der Waals surface area contributed by atoms with Gasteiger partial charge in [-0.2, -0.15) is 8.78 Å². The van der Waals surface area contributed by atoms with Crippen molar-refractivity contribution in [1.82, 2.24) is 10.2 Å². The van der Waals surface area contributed by atoms with Gasteiger partial charge < -0.3 is 24.3 Å². The SMILES string of the molecule is COc1ccccc1C1CNCCN1Cc1cc2c(cc1OC(F)F)OCO2. The lowest BCUT2D eigenvalue weighted by Gasteiger charge is -2.37. The zero-order valence-corrected chi connectivity index (χ0v) is 15.5. The quantitative estimate of drug-likeness (QED) is 0.815. The summed E-state index contributed by atoms with van der Waals surface area (Å²) in [6.45, 7) is -0.109. The molecule has 0 radical (unpaired) electrons. The number of methoxy groups -OCH3 is 1. The van der Waals surface area contributed by atoms with E-state index in [9.17, 15) is 8.78 Å². The molecule has 28 heavy (non-hydrogen) atoms. The van der Waals surface area contributed by atoms with Gasteiger partial charge >= 0.3 is 6.61 Å². The Labute approximate surface area is 161 Å². The van der Waals surface area contributed by atoms with Gasteiger partial charge in [0.25, 0.3) is 0 Å². The summed E-state index contributed by atoms with van der Waals surface area (Å²) in [5.74, 6) is 1.87. The third-order valence-corrected chi connectivity index (χ3v) is 5.00. The molecule has 0 amide bonds. The monoisotopic (exact) mass is 392 g/mol. The molecule has 0 spiro atoms. The van der Waals surface area contributed by atoms with Crippen molar-refractivity contribution in [2.45, 2.75) is 19.2 Å². The first-order valence-corrected chi connectivity index (χ1v) is 9.10. The highest BCUT2D eigenvalue weighted by Gasteiger charge is 2.28. The largest absolute Gasteiger partial charge is 0.496 e. The average molecular weight is 392 g/mol. The molecule has 1 saturated heterocycles. The van der Waals surface area contributed by atoms with Crippen LogP contribution in [0.1, 0.15) is 17.2 Å². The normalized spacial score (nSPS) is 19.1. The maximum Gasteiger partial charge on any atom is 0.387 e. The van der Waals surface area contributed by atoms with Gasteiger partial charge in [0.2, 0.25) is 6.79 Å². The molecule has 2 aliphatic rings. The Kier molecular flexibility index (Phi) is 5.50. The van der Waals surface area contributed by atoms with E-state index in [1.165, 1.54) is 6.07 Å². The third-order valence-electron chi connectivity index (χ3n) is 5.00. The number of hydrogen-bond acceptors (Lipinski definition) is 6. The van der Waals surface area contributed by atoms with Gasteiger partial charge in [-0.3, -0.25) is 4.90 Å². The number of rotatable bonds is 6. The first-order valence-electron chi connectivity index (χ1n) is 9.10. The van der Waals surface area contributed by atoms with Crippen LogP contribution in [0.5, 0.6) is 23.0 Å². The highest BCUT2D eigenvalue weighted by atomic mass is 19.3. The number of piperazine rings is 1. The van der Waals surface area contributed by atoms with E-state index < -0.39 is 6.61 Å². The Morgan fingerprint density at radius 3 is 2.75 bits per heavy atom. The van der Waals surface area contributed by atoms with E-state index in [1.54, 1.807) is 13.2 Å². The van der Waals surface area contributed by atoms with Crippen molar-refractivity contribution >= 4 is 0 Å². The highest BCUT2D eigenvalue weighted by Crippen LogP contribution is 2.40. The Bertz CT molecular complexity index is 834. The molecule has 0 bridgehead atoms. The lowest BCUT2D eigenvalue weighted by Crippen LogP contribution is -2.45. The molecule has 2 aromatic carbocycles. The summed E-state index contributed by atoms with van der Waals surface area (Å²) in [4.78, 5) is 2.23. The lowest BCUT2D eigenvalue weighted by atomic mass is 10.0. The predicted octanol–water partition coefficient (Wildman–Crippen LogP) is 3.17. The van der Waals surface area contributed by atoms with Gasteiger partial charge in [0.1, 0.15) is 11.5 Å². The minimum absolute atomic E-state index is 0.0368. The number of fused-ring (bicyclic) bond motifs is 1. The van der Waals surface area contributed by atoms with Crippen LogP contribution in [0, 0.1) is 0 Å². The summed E-state index contributed by atoms with van der Waals surface area (Å²) in [6.07, 6.45) is 0. The second kappa shape index (κ2) is 8.20. The standard InChI is InChI=1S/C20H22F2N2O4/c1-25-16-5-3-2-4-14(16)15-10-23-6-7-24(15)11-13-8-18-19(27-12-26-18)9-17(13)28-20(21)22/h2-5,8-9,15,20,23H,6-7,10-12H2,1H3. The zero-order valence-electron chi connectivity index (χ0n) is 15.5. The highest BCUT2D eigenvalue weighted by molar-refractivity contribution is 5.52. The molecule has 2 aromatic rings. The number of halogens is 2. The van der Waals surface area contributed by atoms with Crippen molar-refractivity contribution in [3.05, 3.63) is 47.5 Å². The molecule has 1 N–H and O–H groups in total. The van der Waals surface area contributed by atoms with Crippen LogP contribution < -0.4 is 24.3 Å². The molecule has 8 heteroatoms. The summed E-state index contributed by atoms with van der Waals surface area (Å²) in [5, 5.41) is 3.40. The number of hydrogen-bond donors (Lipinski definition) is 1. The molecular weight excluding hydrogens is 370 g/mol. The summed E-state index contributed by atoms with van der Waals surface area (Å²) >= 11 is 0. The van der Waals surface area contributed by atoms with Crippen molar-refractivity contribution in [3.8, 4) is 23.0 Å². The molecule has 2 aliphatic heterocycles. The molecule has 1 atom stereocenters. The molecule has 150 valence electrons. The Balaban J connectivity index is 1.64. The predicted molar refractivity (Wildman–Crippen MR) is 98.2 cm³/mol. The molecule has 1 unspecified atom stereocenters. The van der Waals surface area contributed by atoms with Crippen LogP contribution in [0.4, 0.5) is 8.78 Å². The van der Waals surface area contributed by atoms with Crippen LogP contribution in [-0.2, 0) is 6.54 Å². The van der Waals surface area contributed by atoms with E-state index in [1.807, 2.05) is 24.3 Å². The first-order chi connectivity index (χ1) is 13.7.